The van der Waals surface area contributed by atoms with Crippen LogP contribution in [0.15, 0.2) is 43.0 Å². The molecular formula is C24H29N5O3. The van der Waals surface area contributed by atoms with Crippen molar-refractivity contribution in [1.82, 2.24) is 24.3 Å². The number of likely N-dealkylation sites (tertiary alicyclic amines) is 1. The molecule has 0 bridgehead atoms. The SMILES string of the molecule is O=C(C1CC1)N1CCC2(CC1)OC(=O)N1CCN(Cc3ccc(-n4ccnc4)cc3)CC12. The van der Waals surface area contributed by atoms with Crippen LogP contribution in [0.4, 0.5) is 4.79 Å². The topological polar surface area (TPSA) is 70.9 Å². The fourth-order valence-electron chi connectivity index (χ4n) is 5.53. The first-order valence-electron chi connectivity index (χ1n) is 11.7. The first kappa shape index (κ1) is 19.8. The van der Waals surface area contributed by atoms with E-state index in [-0.39, 0.29) is 18.1 Å². The molecule has 0 radical (unpaired) electrons. The maximum absolute atomic E-state index is 12.6. The number of carbonyl (C=O) groups excluding carboxylic acids is 2. The molecule has 6 rings (SSSR count). The standard InChI is InChI=1S/C24H29N5O3/c30-22(19-3-4-19)27-10-7-24(8-11-27)21-16-26(13-14-29(21)23(31)32-24)15-18-1-5-20(6-2-18)28-12-9-25-17-28/h1-2,5-6,9,12,17,19,21H,3-4,7-8,10-11,13-16H2. The Morgan fingerprint density at radius 3 is 2.56 bits per heavy atom. The Morgan fingerprint density at radius 2 is 1.88 bits per heavy atom. The summed E-state index contributed by atoms with van der Waals surface area (Å²) in [5, 5.41) is 0. The maximum Gasteiger partial charge on any atom is 0.410 e. The van der Waals surface area contributed by atoms with E-state index in [2.05, 4.69) is 34.1 Å². The molecule has 4 heterocycles. The van der Waals surface area contributed by atoms with Crippen molar-refractivity contribution in [2.75, 3.05) is 32.7 Å². The summed E-state index contributed by atoms with van der Waals surface area (Å²) in [5.74, 6) is 0.544. The van der Waals surface area contributed by atoms with Crippen LogP contribution in [0.3, 0.4) is 0 Å². The minimum absolute atomic E-state index is 0.0622. The van der Waals surface area contributed by atoms with Gasteiger partial charge >= 0.3 is 6.09 Å². The van der Waals surface area contributed by atoms with Crippen molar-refractivity contribution in [3.05, 3.63) is 48.5 Å². The molecule has 1 unspecified atom stereocenters. The number of piperidine rings is 1. The third-order valence-electron chi connectivity index (χ3n) is 7.59. The number of nitrogens with zero attached hydrogens (tertiary/aromatic N) is 5. The minimum atomic E-state index is -0.457. The number of benzene rings is 1. The summed E-state index contributed by atoms with van der Waals surface area (Å²) in [5.41, 5.74) is 1.89. The van der Waals surface area contributed by atoms with Gasteiger partial charge in [0.2, 0.25) is 5.91 Å². The lowest BCUT2D eigenvalue weighted by Crippen LogP contribution is -2.60. The molecule has 0 N–H and O–H groups in total. The lowest BCUT2D eigenvalue weighted by molar-refractivity contribution is -0.136. The van der Waals surface area contributed by atoms with E-state index in [1.807, 2.05) is 20.6 Å². The summed E-state index contributed by atoms with van der Waals surface area (Å²) in [6.45, 7) is 4.60. The largest absolute Gasteiger partial charge is 0.440 e. The number of piperazine rings is 1. The van der Waals surface area contributed by atoms with Crippen LogP contribution in [0.1, 0.15) is 31.2 Å². The van der Waals surface area contributed by atoms with Gasteiger partial charge in [0, 0.05) is 76.1 Å². The molecule has 1 saturated carbocycles. The average Bonchev–Trinajstić information content (AvgIpc) is 3.46. The van der Waals surface area contributed by atoms with Crippen molar-refractivity contribution in [3.63, 3.8) is 0 Å². The van der Waals surface area contributed by atoms with Crippen molar-refractivity contribution < 1.29 is 14.3 Å². The Morgan fingerprint density at radius 1 is 1.09 bits per heavy atom. The quantitative estimate of drug-likeness (QED) is 0.737. The van der Waals surface area contributed by atoms with Gasteiger partial charge in [0.1, 0.15) is 5.60 Å². The van der Waals surface area contributed by atoms with Gasteiger partial charge in [0.25, 0.3) is 0 Å². The third kappa shape index (κ3) is 3.46. The normalized spacial score (nSPS) is 25.1. The predicted octanol–water partition coefficient (Wildman–Crippen LogP) is 2.28. The number of hydrogen-bond donors (Lipinski definition) is 0. The highest BCUT2D eigenvalue weighted by Crippen LogP contribution is 2.41. The molecule has 4 fully saturated rings. The molecule has 32 heavy (non-hydrogen) atoms. The smallest absolute Gasteiger partial charge is 0.410 e. The van der Waals surface area contributed by atoms with Crippen LogP contribution in [0.25, 0.3) is 5.69 Å². The van der Waals surface area contributed by atoms with Crippen LogP contribution < -0.4 is 0 Å². The van der Waals surface area contributed by atoms with Crippen molar-refractivity contribution in [2.24, 2.45) is 5.92 Å². The highest BCUT2D eigenvalue weighted by atomic mass is 16.6. The van der Waals surface area contributed by atoms with Gasteiger partial charge in [-0.3, -0.25) is 14.6 Å². The fraction of sp³-hybridized carbons (Fsp3) is 0.542. The van der Waals surface area contributed by atoms with E-state index in [0.717, 1.165) is 51.0 Å². The van der Waals surface area contributed by atoms with Gasteiger partial charge in [0.05, 0.1) is 12.4 Å². The molecular weight excluding hydrogens is 406 g/mol. The van der Waals surface area contributed by atoms with Crippen LogP contribution in [-0.4, -0.2) is 80.6 Å². The second-order valence-corrected chi connectivity index (χ2v) is 9.61. The van der Waals surface area contributed by atoms with Crippen LogP contribution >= 0.6 is 0 Å². The van der Waals surface area contributed by atoms with Crippen molar-refractivity contribution >= 4 is 12.0 Å². The number of rotatable bonds is 4. The molecule has 1 spiro atoms. The summed E-state index contributed by atoms with van der Waals surface area (Å²) in [6, 6.07) is 8.62. The van der Waals surface area contributed by atoms with E-state index in [9.17, 15) is 9.59 Å². The summed E-state index contributed by atoms with van der Waals surface area (Å²) < 4.78 is 8.00. The Balaban J connectivity index is 1.12. The molecule has 8 heteroatoms. The Labute approximate surface area is 187 Å². The van der Waals surface area contributed by atoms with Crippen molar-refractivity contribution in [1.29, 1.82) is 0 Å². The molecule has 3 aliphatic heterocycles. The highest BCUT2D eigenvalue weighted by Gasteiger charge is 2.57. The summed E-state index contributed by atoms with van der Waals surface area (Å²) in [7, 11) is 0. The maximum atomic E-state index is 12.6. The molecule has 4 aliphatic rings. The molecule has 1 aromatic heterocycles. The Hall–Kier alpha value is -2.87. The van der Waals surface area contributed by atoms with Gasteiger partial charge in [-0.25, -0.2) is 9.78 Å². The van der Waals surface area contributed by atoms with Crippen LogP contribution in [0.2, 0.25) is 0 Å². The second-order valence-electron chi connectivity index (χ2n) is 9.61. The minimum Gasteiger partial charge on any atom is -0.440 e. The molecule has 1 atom stereocenters. The first-order valence-corrected chi connectivity index (χ1v) is 11.7. The number of fused-ring (bicyclic) bond motifs is 2. The number of carbonyl (C=O) groups is 2. The van der Waals surface area contributed by atoms with Crippen LogP contribution in [0.5, 0.6) is 0 Å². The van der Waals surface area contributed by atoms with E-state index in [0.29, 0.717) is 25.5 Å². The molecule has 1 aromatic carbocycles. The van der Waals surface area contributed by atoms with E-state index in [4.69, 9.17) is 4.74 Å². The molecule has 8 nitrogen and oxygen atoms in total. The number of ether oxygens (including phenoxy) is 1. The zero-order chi connectivity index (χ0) is 21.7. The zero-order valence-corrected chi connectivity index (χ0v) is 18.2. The Kier molecular flexibility index (Phi) is 4.71. The van der Waals surface area contributed by atoms with Crippen LogP contribution in [0, 0.1) is 5.92 Å². The average molecular weight is 436 g/mol. The van der Waals surface area contributed by atoms with Crippen molar-refractivity contribution in [2.45, 2.75) is 43.9 Å². The number of aromatic nitrogens is 2. The van der Waals surface area contributed by atoms with Gasteiger partial charge in [-0.1, -0.05) is 12.1 Å². The van der Waals surface area contributed by atoms with E-state index in [1.165, 1.54) is 5.56 Å². The molecule has 2 amide bonds. The van der Waals surface area contributed by atoms with Crippen molar-refractivity contribution in [3.8, 4) is 5.69 Å². The molecule has 2 aromatic rings. The van der Waals surface area contributed by atoms with E-state index in [1.54, 1.807) is 12.5 Å². The zero-order valence-electron chi connectivity index (χ0n) is 18.2. The number of hydrogen-bond acceptors (Lipinski definition) is 5. The number of imidazole rings is 1. The first-order chi connectivity index (χ1) is 15.6. The Bertz CT molecular complexity index is 993. The van der Waals surface area contributed by atoms with Crippen LogP contribution in [-0.2, 0) is 16.1 Å². The van der Waals surface area contributed by atoms with Gasteiger partial charge in [0.15, 0.2) is 0 Å². The molecule has 168 valence electrons. The van der Waals surface area contributed by atoms with Gasteiger partial charge in [-0.2, -0.15) is 0 Å². The monoisotopic (exact) mass is 435 g/mol. The summed E-state index contributed by atoms with van der Waals surface area (Å²) >= 11 is 0. The second kappa shape index (κ2) is 7.62. The lowest BCUT2D eigenvalue weighted by atomic mass is 9.83. The predicted molar refractivity (Wildman–Crippen MR) is 117 cm³/mol. The lowest BCUT2D eigenvalue weighted by Gasteiger charge is -2.45. The number of amides is 2. The van der Waals surface area contributed by atoms with Gasteiger partial charge in [-0.15, -0.1) is 0 Å². The molecule has 1 aliphatic carbocycles. The molecule has 3 saturated heterocycles. The van der Waals surface area contributed by atoms with Gasteiger partial charge < -0.3 is 14.2 Å². The van der Waals surface area contributed by atoms with Gasteiger partial charge in [-0.05, 0) is 30.5 Å². The highest BCUT2D eigenvalue weighted by molar-refractivity contribution is 5.81. The third-order valence-corrected chi connectivity index (χ3v) is 7.59. The van der Waals surface area contributed by atoms with E-state index < -0.39 is 5.60 Å². The fourth-order valence-corrected chi connectivity index (χ4v) is 5.53. The summed E-state index contributed by atoms with van der Waals surface area (Å²) in [6.07, 6.45) is 8.89. The van der Waals surface area contributed by atoms with E-state index >= 15 is 0 Å². The summed E-state index contributed by atoms with van der Waals surface area (Å²) in [4.78, 5) is 35.5.